The molecule has 8 heteroatoms. The molecule has 0 unspecified atom stereocenters. The number of nitrogens with two attached hydrogens (primary N) is 1. The number of primary amides is 1. The minimum Gasteiger partial charge on any atom is -0.366 e. The van der Waals surface area contributed by atoms with Gasteiger partial charge in [0.1, 0.15) is 0 Å². The summed E-state index contributed by atoms with van der Waals surface area (Å²) in [5.74, 6) is 2.01. The Morgan fingerprint density at radius 1 is 1.00 bits per heavy atom. The first-order valence-electron chi connectivity index (χ1n) is 12.6. The van der Waals surface area contributed by atoms with Gasteiger partial charge in [-0.05, 0) is 85.5 Å². The number of benzene rings is 1. The summed E-state index contributed by atoms with van der Waals surface area (Å²) in [5, 5.41) is 3.49. The van der Waals surface area contributed by atoms with Crippen LogP contribution in [0.25, 0.3) is 0 Å². The van der Waals surface area contributed by atoms with Gasteiger partial charge in [-0.3, -0.25) is 19.3 Å². The molecule has 0 radical (unpaired) electrons. The Morgan fingerprint density at radius 3 is 2.21 bits per heavy atom. The standard InChI is InChI=1S/C26H35ClN4O3/c27-21-1-2-22(25(28)34)20(10-21)16-30-3-5-31(6-4-30)24(33)15-29-23(32)14-26-11-17-7-18(12-26)9-19(8-17)13-26/h1-2,10,17-19H,3-9,11-16H2,(H2,28,34)(H,29,32). The number of piperazine rings is 1. The van der Waals surface area contributed by atoms with Crippen LogP contribution >= 0.6 is 11.6 Å². The van der Waals surface area contributed by atoms with Crippen molar-refractivity contribution in [3.63, 3.8) is 0 Å². The second-order valence-corrected chi connectivity index (χ2v) is 11.6. The summed E-state index contributed by atoms with van der Waals surface area (Å²) in [6, 6.07) is 5.10. The fraction of sp³-hybridized carbons (Fsp3) is 0.654. The molecule has 3 amide bonds. The van der Waals surface area contributed by atoms with Gasteiger partial charge in [0, 0.05) is 49.7 Å². The lowest BCUT2D eigenvalue weighted by Crippen LogP contribution is -2.51. The van der Waals surface area contributed by atoms with E-state index < -0.39 is 5.91 Å². The van der Waals surface area contributed by atoms with Crippen molar-refractivity contribution < 1.29 is 14.4 Å². The molecular formula is C26H35ClN4O3. The first-order chi connectivity index (χ1) is 16.3. The van der Waals surface area contributed by atoms with Gasteiger partial charge in [-0.25, -0.2) is 0 Å². The summed E-state index contributed by atoms with van der Waals surface area (Å²) in [4.78, 5) is 41.2. The van der Waals surface area contributed by atoms with Gasteiger partial charge in [0.25, 0.3) is 0 Å². The fourth-order valence-electron chi connectivity index (χ4n) is 7.53. The molecule has 6 rings (SSSR count). The summed E-state index contributed by atoms with van der Waals surface area (Å²) in [6.07, 6.45) is 8.29. The fourth-order valence-corrected chi connectivity index (χ4v) is 7.72. The normalized spacial score (nSPS) is 30.4. The van der Waals surface area contributed by atoms with E-state index >= 15 is 0 Å². The number of amides is 3. The maximum Gasteiger partial charge on any atom is 0.249 e. The Bertz CT molecular complexity index is 938. The third kappa shape index (κ3) is 5.10. The van der Waals surface area contributed by atoms with Crippen molar-refractivity contribution in [2.45, 2.75) is 51.5 Å². The van der Waals surface area contributed by atoms with Crippen LogP contribution in [-0.2, 0) is 16.1 Å². The molecule has 3 N–H and O–H groups in total. The molecular weight excluding hydrogens is 452 g/mol. The number of carbonyl (C=O) groups excluding carboxylic acids is 3. The Kier molecular flexibility index (Phi) is 6.60. The summed E-state index contributed by atoms with van der Waals surface area (Å²) < 4.78 is 0. The maximum absolute atomic E-state index is 12.7. The zero-order valence-electron chi connectivity index (χ0n) is 19.7. The van der Waals surface area contributed by atoms with Crippen LogP contribution in [0.4, 0.5) is 0 Å². The van der Waals surface area contributed by atoms with Crippen molar-refractivity contribution in [2.75, 3.05) is 32.7 Å². The second-order valence-electron chi connectivity index (χ2n) is 11.2. The van der Waals surface area contributed by atoms with Gasteiger partial charge in [0.15, 0.2) is 0 Å². The number of nitrogens with zero attached hydrogens (tertiary/aromatic N) is 2. The van der Waals surface area contributed by atoms with Crippen molar-refractivity contribution in [3.8, 4) is 0 Å². The van der Waals surface area contributed by atoms with E-state index in [1.165, 1.54) is 38.5 Å². The van der Waals surface area contributed by atoms with Gasteiger partial charge < -0.3 is 16.0 Å². The SMILES string of the molecule is NC(=O)c1ccc(Cl)cc1CN1CCN(C(=O)CNC(=O)CC23CC4CC(CC(C4)C2)C3)CC1. The van der Waals surface area contributed by atoms with Crippen LogP contribution < -0.4 is 11.1 Å². The van der Waals surface area contributed by atoms with Crippen LogP contribution in [0.3, 0.4) is 0 Å². The number of nitrogens with one attached hydrogen (secondary N) is 1. The summed E-state index contributed by atoms with van der Waals surface area (Å²) in [7, 11) is 0. The van der Waals surface area contributed by atoms with Crippen molar-refractivity contribution in [3.05, 3.63) is 34.3 Å². The number of halogens is 1. The van der Waals surface area contributed by atoms with E-state index in [2.05, 4.69) is 10.2 Å². The van der Waals surface area contributed by atoms with Crippen LogP contribution in [0, 0.1) is 23.2 Å². The lowest BCUT2D eigenvalue weighted by Gasteiger charge is -2.56. The van der Waals surface area contributed by atoms with Crippen LogP contribution in [0.15, 0.2) is 18.2 Å². The van der Waals surface area contributed by atoms with E-state index in [0.29, 0.717) is 49.7 Å². The molecule has 5 fully saturated rings. The average molecular weight is 487 g/mol. The quantitative estimate of drug-likeness (QED) is 0.619. The minimum atomic E-state index is -0.468. The molecule has 1 saturated heterocycles. The topological polar surface area (TPSA) is 95.7 Å². The van der Waals surface area contributed by atoms with Crippen molar-refractivity contribution in [2.24, 2.45) is 28.9 Å². The summed E-state index contributed by atoms with van der Waals surface area (Å²) in [6.45, 7) is 3.20. The summed E-state index contributed by atoms with van der Waals surface area (Å²) >= 11 is 6.11. The molecule has 0 aromatic heterocycles. The van der Waals surface area contributed by atoms with E-state index in [4.69, 9.17) is 17.3 Å². The smallest absolute Gasteiger partial charge is 0.249 e. The Labute approximate surface area is 206 Å². The zero-order chi connectivity index (χ0) is 23.9. The number of carbonyl (C=O) groups is 3. The molecule has 4 saturated carbocycles. The lowest BCUT2D eigenvalue weighted by atomic mass is 9.49. The highest BCUT2D eigenvalue weighted by Crippen LogP contribution is 2.61. The first-order valence-corrected chi connectivity index (χ1v) is 13.0. The highest BCUT2D eigenvalue weighted by atomic mass is 35.5. The molecule has 184 valence electrons. The second kappa shape index (κ2) is 9.50. The lowest BCUT2D eigenvalue weighted by molar-refractivity contribution is -0.136. The molecule has 0 spiro atoms. The highest BCUT2D eigenvalue weighted by Gasteiger charge is 2.51. The molecule has 7 nitrogen and oxygen atoms in total. The first kappa shape index (κ1) is 23.6. The monoisotopic (exact) mass is 486 g/mol. The van der Waals surface area contributed by atoms with Crippen LogP contribution in [0.2, 0.25) is 5.02 Å². The number of rotatable bonds is 7. The van der Waals surface area contributed by atoms with E-state index in [1.54, 1.807) is 18.2 Å². The Hall–Kier alpha value is -2.12. The van der Waals surface area contributed by atoms with Gasteiger partial charge >= 0.3 is 0 Å². The average Bonchev–Trinajstić information content (AvgIpc) is 2.76. The minimum absolute atomic E-state index is 0.0286. The van der Waals surface area contributed by atoms with Gasteiger partial charge in [0.2, 0.25) is 17.7 Å². The molecule has 1 heterocycles. The van der Waals surface area contributed by atoms with Gasteiger partial charge in [0.05, 0.1) is 6.54 Å². The van der Waals surface area contributed by atoms with Gasteiger partial charge in [-0.15, -0.1) is 0 Å². The van der Waals surface area contributed by atoms with E-state index in [-0.39, 0.29) is 23.8 Å². The molecule has 1 aromatic rings. The third-order valence-electron chi connectivity index (χ3n) is 8.59. The molecule has 1 aliphatic heterocycles. The maximum atomic E-state index is 12.7. The number of hydrogen-bond acceptors (Lipinski definition) is 4. The highest BCUT2D eigenvalue weighted by molar-refractivity contribution is 6.30. The van der Waals surface area contributed by atoms with E-state index in [9.17, 15) is 14.4 Å². The van der Waals surface area contributed by atoms with Crippen molar-refractivity contribution in [1.29, 1.82) is 0 Å². The van der Waals surface area contributed by atoms with Crippen molar-refractivity contribution in [1.82, 2.24) is 15.1 Å². The molecule has 34 heavy (non-hydrogen) atoms. The van der Waals surface area contributed by atoms with Crippen LogP contribution in [0.5, 0.6) is 0 Å². The number of hydrogen-bond donors (Lipinski definition) is 2. The Balaban J connectivity index is 1.07. The molecule has 4 bridgehead atoms. The molecule has 5 aliphatic rings. The van der Waals surface area contributed by atoms with E-state index in [1.807, 2.05) is 4.90 Å². The predicted octanol–water partition coefficient (Wildman–Crippen LogP) is 2.81. The largest absolute Gasteiger partial charge is 0.366 e. The summed E-state index contributed by atoms with van der Waals surface area (Å²) in [5.41, 5.74) is 6.97. The van der Waals surface area contributed by atoms with Crippen molar-refractivity contribution >= 4 is 29.3 Å². The van der Waals surface area contributed by atoms with Gasteiger partial charge in [-0.1, -0.05) is 11.6 Å². The van der Waals surface area contributed by atoms with Crippen LogP contribution in [0.1, 0.15) is 60.9 Å². The third-order valence-corrected chi connectivity index (χ3v) is 8.82. The van der Waals surface area contributed by atoms with E-state index in [0.717, 1.165) is 23.3 Å². The molecule has 4 aliphatic carbocycles. The molecule has 1 aromatic carbocycles. The van der Waals surface area contributed by atoms with Gasteiger partial charge in [-0.2, -0.15) is 0 Å². The predicted molar refractivity (Wildman–Crippen MR) is 130 cm³/mol. The Morgan fingerprint density at radius 2 is 1.62 bits per heavy atom. The zero-order valence-corrected chi connectivity index (χ0v) is 20.5. The van der Waals surface area contributed by atoms with Crippen LogP contribution in [-0.4, -0.2) is 60.2 Å². The molecule has 0 atom stereocenters.